The maximum absolute atomic E-state index is 6.19. The standard InChI is InChI=1S/C12H18Cl2N2OS/c1-8(10-5-11(13)18-12(10)14)16(2)7-9-6-15-3-4-17-9/h5,8-9,15H,3-4,6-7H2,1-2H3. The lowest BCUT2D eigenvalue weighted by molar-refractivity contribution is 0.00397. The number of thiophene rings is 1. The summed E-state index contributed by atoms with van der Waals surface area (Å²) < 4.78 is 7.23. The quantitative estimate of drug-likeness (QED) is 0.925. The summed E-state index contributed by atoms with van der Waals surface area (Å²) in [4.78, 5) is 2.25. The lowest BCUT2D eigenvalue weighted by Gasteiger charge is -2.31. The molecule has 1 fully saturated rings. The van der Waals surface area contributed by atoms with Gasteiger partial charge >= 0.3 is 0 Å². The first kappa shape index (κ1) is 14.6. The average Bonchev–Trinajstić information content (AvgIpc) is 2.68. The normalized spacial score (nSPS) is 22.4. The zero-order valence-corrected chi connectivity index (χ0v) is 12.9. The molecule has 1 aliphatic heterocycles. The molecular formula is C12H18Cl2N2OS. The van der Waals surface area contributed by atoms with E-state index in [4.69, 9.17) is 27.9 Å². The molecule has 1 aromatic rings. The van der Waals surface area contributed by atoms with Crippen LogP contribution in [0.2, 0.25) is 8.67 Å². The van der Waals surface area contributed by atoms with Crippen LogP contribution in [0.4, 0.5) is 0 Å². The van der Waals surface area contributed by atoms with Gasteiger partial charge in [0.05, 0.1) is 21.4 Å². The highest BCUT2D eigenvalue weighted by atomic mass is 35.5. The van der Waals surface area contributed by atoms with Crippen LogP contribution < -0.4 is 5.32 Å². The summed E-state index contributed by atoms with van der Waals surface area (Å²) in [6.07, 6.45) is 0.249. The topological polar surface area (TPSA) is 24.5 Å². The first-order valence-corrected chi connectivity index (χ1v) is 7.62. The van der Waals surface area contributed by atoms with E-state index in [1.165, 1.54) is 11.3 Å². The van der Waals surface area contributed by atoms with Crippen LogP contribution >= 0.6 is 34.5 Å². The van der Waals surface area contributed by atoms with Gasteiger partial charge < -0.3 is 10.1 Å². The van der Waals surface area contributed by atoms with Crippen LogP contribution in [0.3, 0.4) is 0 Å². The van der Waals surface area contributed by atoms with Crippen molar-refractivity contribution < 1.29 is 4.74 Å². The zero-order chi connectivity index (χ0) is 13.1. The number of morpholine rings is 1. The zero-order valence-electron chi connectivity index (χ0n) is 10.6. The summed E-state index contributed by atoms with van der Waals surface area (Å²) in [5.41, 5.74) is 1.10. The molecule has 0 saturated carbocycles. The second kappa shape index (κ2) is 6.55. The van der Waals surface area contributed by atoms with Gasteiger partial charge in [-0.2, -0.15) is 0 Å². The van der Waals surface area contributed by atoms with Gasteiger partial charge in [-0.1, -0.05) is 23.2 Å². The van der Waals surface area contributed by atoms with Crippen LogP contribution in [-0.4, -0.2) is 44.3 Å². The fourth-order valence-electron chi connectivity index (χ4n) is 2.09. The van der Waals surface area contributed by atoms with E-state index >= 15 is 0 Å². The number of nitrogens with zero attached hydrogens (tertiary/aromatic N) is 1. The molecule has 2 atom stereocenters. The molecule has 0 bridgehead atoms. The second-order valence-corrected chi connectivity index (χ2v) is 6.88. The molecular weight excluding hydrogens is 291 g/mol. The Morgan fingerprint density at radius 2 is 2.39 bits per heavy atom. The Balaban J connectivity index is 1.95. The Morgan fingerprint density at radius 1 is 1.61 bits per heavy atom. The Labute approximate surface area is 122 Å². The minimum Gasteiger partial charge on any atom is -0.374 e. The van der Waals surface area contributed by atoms with Gasteiger partial charge in [0, 0.05) is 31.2 Å². The van der Waals surface area contributed by atoms with E-state index in [-0.39, 0.29) is 12.1 Å². The van der Waals surface area contributed by atoms with Crippen LogP contribution in [0, 0.1) is 0 Å². The Bertz CT molecular complexity index is 393. The van der Waals surface area contributed by atoms with E-state index in [9.17, 15) is 0 Å². The van der Waals surface area contributed by atoms with Gasteiger partial charge in [0.15, 0.2) is 0 Å². The van der Waals surface area contributed by atoms with Gasteiger partial charge in [-0.25, -0.2) is 0 Å². The molecule has 2 heterocycles. The number of ether oxygens (including phenoxy) is 1. The maximum atomic E-state index is 6.19. The summed E-state index contributed by atoms with van der Waals surface area (Å²) in [5, 5.41) is 3.34. The van der Waals surface area contributed by atoms with Gasteiger partial charge in [-0.15, -0.1) is 11.3 Å². The number of halogens is 2. The third-order valence-electron chi connectivity index (χ3n) is 3.29. The molecule has 2 rings (SSSR count). The molecule has 102 valence electrons. The van der Waals surface area contributed by atoms with Crippen molar-refractivity contribution in [2.45, 2.75) is 19.1 Å². The van der Waals surface area contributed by atoms with E-state index in [0.717, 1.165) is 40.5 Å². The fraction of sp³-hybridized carbons (Fsp3) is 0.667. The molecule has 1 N–H and O–H groups in total. The van der Waals surface area contributed by atoms with E-state index < -0.39 is 0 Å². The van der Waals surface area contributed by atoms with Gasteiger partial charge in [0.25, 0.3) is 0 Å². The number of rotatable bonds is 4. The molecule has 0 aliphatic carbocycles. The number of nitrogens with one attached hydrogen (secondary N) is 1. The van der Waals surface area contributed by atoms with Crippen molar-refractivity contribution in [1.82, 2.24) is 10.2 Å². The lowest BCUT2D eigenvalue weighted by atomic mass is 10.1. The molecule has 1 saturated heterocycles. The predicted octanol–water partition coefficient (Wildman–Crippen LogP) is 3.04. The largest absolute Gasteiger partial charge is 0.374 e. The number of hydrogen-bond donors (Lipinski definition) is 1. The highest BCUT2D eigenvalue weighted by molar-refractivity contribution is 7.20. The van der Waals surface area contributed by atoms with Crippen LogP contribution in [0.5, 0.6) is 0 Å². The van der Waals surface area contributed by atoms with Crippen molar-refractivity contribution in [3.63, 3.8) is 0 Å². The molecule has 0 radical (unpaired) electrons. The van der Waals surface area contributed by atoms with Gasteiger partial charge in [0.1, 0.15) is 0 Å². The lowest BCUT2D eigenvalue weighted by Crippen LogP contribution is -2.44. The van der Waals surface area contributed by atoms with Crippen LogP contribution in [0.1, 0.15) is 18.5 Å². The summed E-state index contributed by atoms with van der Waals surface area (Å²) >= 11 is 13.6. The van der Waals surface area contributed by atoms with Crippen LogP contribution in [0.15, 0.2) is 6.07 Å². The van der Waals surface area contributed by atoms with Crippen molar-refractivity contribution in [3.8, 4) is 0 Å². The summed E-state index contributed by atoms with van der Waals surface area (Å²) in [5.74, 6) is 0. The van der Waals surface area contributed by atoms with Gasteiger partial charge in [0.2, 0.25) is 0 Å². The Hall–Kier alpha value is 0.160. The third-order valence-corrected chi connectivity index (χ3v) is 4.81. The van der Waals surface area contributed by atoms with Gasteiger partial charge in [-0.05, 0) is 20.0 Å². The summed E-state index contributed by atoms with van der Waals surface area (Å²) in [6, 6.07) is 2.20. The molecule has 0 spiro atoms. The van der Waals surface area contributed by atoms with Crippen LogP contribution in [-0.2, 0) is 4.74 Å². The molecule has 18 heavy (non-hydrogen) atoms. The minimum absolute atomic E-state index is 0.242. The summed E-state index contributed by atoms with van der Waals surface area (Å²) in [7, 11) is 2.09. The van der Waals surface area contributed by atoms with Crippen molar-refractivity contribution in [2.75, 3.05) is 33.3 Å². The monoisotopic (exact) mass is 308 g/mol. The molecule has 2 unspecified atom stereocenters. The second-order valence-electron chi connectivity index (χ2n) is 4.59. The van der Waals surface area contributed by atoms with Crippen molar-refractivity contribution in [2.24, 2.45) is 0 Å². The first-order chi connectivity index (χ1) is 8.58. The third kappa shape index (κ3) is 3.59. The highest BCUT2D eigenvalue weighted by Crippen LogP contribution is 2.36. The Morgan fingerprint density at radius 3 is 2.94 bits per heavy atom. The molecule has 1 aliphatic rings. The molecule has 3 nitrogen and oxygen atoms in total. The molecule has 1 aromatic heterocycles. The first-order valence-electron chi connectivity index (χ1n) is 6.05. The Kier molecular flexibility index (Phi) is 5.30. The van der Waals surface area contributed by atoms with Gasteiger partial charge in [-0.3, -0.25) is 4.90 Å². The number of likely N-dealkylation sites (N-methyl/N-ethyl adjacent to an activating group) is 1. The number of hydrogen-bond acceptors (Lipinski definition) is 4. The summed E-state index contributed by atoms with van der Waals surface area (Å²) in [6.45, 7) is 5.67. The SMILES string of the molecule is CC(c1cc(Cl)sc1Cl)N(C)CC1CNCCO1. The van der Waals surface area contributed by atoms with Crippen LogP contribution in [0.25, 0.3) is 0 Å². The van der Waals surface area contributed by atoms with E-state index in [1.807, 2.05) is 6.07 Å². The van der Waals surface area contributed by atoms with E-state index in [0.29, 0.717) is 0 Å². The van der Waals surface area contributed by atoms with Crippen molar-refractivity contribution in [1.29, 1.82) is 0 Å². The molecule has 6 heteroatoms. The predicted molar refractivity (Wildman–Crippen MR) is 78.0 cm³/mol. The smallest absolute Gasteiger partial charge is 0.0991 e. The minimum atomic E-state index is 0.242. The average molecular weight is 309 g/mol. The van der Waals surface area contributed by atoms with E-state index in [2.05, 4.69) is 24.2 Å². The molecule has 0 amide bonds. The molecule has 0 aromatic carbocycles. The van der Waals surface area contributed by atoms with Crippen molar-refractivity contribution >= 4 is 34.5 Å². The fourth-order valence-corrected chi connectivity index (χ4v) is 3.73. The highest BCUT2D eigenvalue weighted by Gasteiger charge is 2.21. The van der Waals surface area contributed by atoms with E-state index in [1.54, 1.807) is 0 Å². The van der Waals surface area contributed by atoms with Crippen molar-refractivity contribution in [3.05, 3.63) is 20.3 Å². The maximum Gasteiger partial charge on any atom is 0.0991 e.